The van der Waals surface area contributed by atoms with Crippen LogP contribution in [0.25, 0.3) is 10.8 Å². The van der Waals surface area contributed by atoms with E-state index in [0.29, 0.717) is 10.8 Å². The third-order valence-electron chi connectivity index (χ3n) is 2.53. The van der Waals surface area contributed by atoms with Gasteiger partial charge in [0.25, 0.3) is 5.56 Å². The fourth-order valence-corrected chi connectivity index (χ4v) is 2.49. The van der Waals surface area contributed by atoms with Gasteiger partial charge in [-0.2, -0.15) is 0 Å². The molecule has 0 atom stereocenters. The number of carbonyl (C=O) groups is 1. The molecule has 0 aliphatic heterocycles. The van der Waals surface area contributed by atoms with Crippen molar-refractivity contribution in [3.63, 3.8) is 0 Å². The van der Waals surface area contributed by atoms with Crippen molar-refractivity contribution in [1.29, 1.82) is 0 Å². The number of benzene rings is 1. The monoisotopic (exact) mass is 314 g/mol. The topological polar surface area (TPSA) is 96.1 Å². The van der Waals surface area contributed by atoms with Crippen LogP contribution >= 0.6 is 11.6 Å². The van der Waals surface area contributed by atoms with E-state index in [0.717, 1.165) is 6.26 Å². The van der Waals surface area contributed by atoms with Gasteiger partial charge in [0.05, 0.1) is 10.7 Å². The van der Waals surface area contributed by atoms with Crippen molar-refractivity contribution >= 4 is 43.8 Å². The molecule has 0 unspecified atom stereocenters. The maximum atomic E-state index is 11.6. The molecular weight excluding hydrogens is 304 g/mol. The summed E-state index contributed by atoms with van der Waals surface area (Å²) < 4.78 is 22.1. The number of carbonyl (C=O) groups excluding carboxylic acids is 1. The van der Waals surface area contributed by atoms with Crippen LogP contribution in [0.4, 0.5) is 5.69 Å². The number of pyridine rings is 1. The second-order valence-electron chi connectivity index (χ2n) is 4.34. The molecule has 0 radical (unpaired) electrons. The Morgan fingerprint density at radius 1 is 1.40 bits per heavy atom. The van der Waals surface area contributed by atoms with E-state index in [4.69, 9.17) is 11.6 Å². The number of halogens is 1. The first kappa shape index (κ1) is 14.5. The van der Waals surface area contributed by atoms with Gasteiger partial charge in [0.15, 0.2) is 9.84 Å². The molecule has 1 amide bonds. The van der Waals surface area contributed by atoms with Gasteiger partial charge in [-0.3, -0.25) is 9.59 Å². The Kier molecular flexibility index (Phi) is 3.82. The molecule has 0 aliphatic rings. The second kappa shape index (κ2) is 5.26. The number of amides is 1. The molecule has 0 aliphatic carbocycles. The molecule has 0 saturated carbocycles. The van der Waals surface area contributed by atoms with Gasteiger partial charge in [-0.25, -0.2) is 8.42 Å². The first-order valence-electron chi connectivity index (χ1n) is 5.55. The number of fused-ring (bicyclic) bond motifs is 1. The molecule has 2 aromatic rings. The Hall–Kier alpha value is -1.86. The van der Waals surface area contributed by atoms with Gasteiger partial charge in [-0.15, -0.1) is 0 Å². The smallest absolute Gasteiger partial charge is 0.255 e. The lowest BCUT2D eigenvalue weighted by Crippen LogP contribution is -2.22. The van der Waals surface area contributed by atoms with E-state index in [9.17, 15) is 18.0 Å². The summed E-state index contributed by atoms with van der Waals surface area (Å²) in [6.45, 7) is 0. The van der Waals surface area contributed by atoms with E-state index in [1.165, 1.54) is 18.3 Å². The van der Waals surface area contributed by atoms with Crippen LogP contribution in [0.2, 0.25) is 5.02 Å². The zero-order valence-electron chi connectivity index (χ0n) is 10.4. The van der Waals surface area contributed by atoms with Gasteiger partial charge in [0.2, 0.25) is 5.91 Å². The van der Waals surface area contributed by atoms with Crippen molar-refractivity contribution in [2.24, 2.45) is 0 Å². The highest BCUT2D eigenvalue weighted by Crippen LogP contribution is 2.26. The molecule has 20 heavy (non-hydrogen) atoms. The van der Waals surface area contributed by atoms with E-state index in [1.807, 2.05) is 0 Å². The van der Waals surface area contributed by atoms with Crippen LogP contribution in [0.15, 0.2) is 29.2 Å². The number of anilines is 1. The van der Waals surface area contributed by atoms with E-state index >= 15 is 0 Å². The fourth-order valence-electron chi connectivity index (χ4n) is 1.73. The predicted molar refractivity (Wildman–Crippen MR) is 77.9 cm³/mol. The molecule has 1 heterocycles. The Bertz CT molecular complexity index is 842. The number of aromatic amines is 1. The van der Waals surface area contributed by atoms with Crippen molar-refractivity contribution < 1.29 is 13.2 Å². The third-order valence-corrected chi connectivity index (χ3v) is 3.63. The molecule has 0 fully saturated rings. The maximum Gasteiger partial charge on any atom is 0.255 e. The number of aromatic nitrogens is 1. The number of hydrogen-bond donors (Lipinski definition) is 2. The van der Waals surface area contributed by atoms with E-state index in [-0.39, 0.29) is 16.3 Å². The van der Waals surface area contributed by atoms with Crippen LogP contribution < -0.4 is 10.9 Å². The zero-order valence-corrected chi connectivity index (χ0v) is 12.0. The molecule has 6 nitrogen and oxygen atoms in total. The molecule has 8 heteroatoms. The van der Waals surface area contributed by atoms with Gasteiger partial charge >= 0.3 is 0 Å². The molecule has 2 N–H and O–H groups in total. The summed E-state index contributed by atoms with van der Waals surface area (Å²) in [6, 6.07) is 4.60. The summed E-state index contributed by atoms with van der Waals surface area (Å²) in [5, 5.41) is 3.56. The van der Waals surface area contributed by atoms with Gasteiger partial charge in [-0.05, 0) is 23.6 Å². The Morgan fingerprint density at radius 2 is 2.10 bits per heavy atom. The lowest BCUT2D eigenvalue weighted by atomic mass is 10.1. The van der Waals surface area contributed by atoms with E-state index in [2.05, 4.69) is 10.3 Å². The number of hydrogen-bond acceptors (Lipinski definition) is 4. The third kappa shape index (κ3) is 3.37. The molecule has 0 saturated heterocycles. The zero-order chi connectivity index (χ0) is 14.9. The average molecular weight is 315 g/mol. The van der Waals surface area contributed by atoms with Crippen LogP contribution in [0, 0.1) is 0 Å². The Labute approximate surface area is 119 Å². The van der Waals surface area contributed by atoms with Crippen LogP contribution in [0.3, 0.4) is 0 Å². The number of H-pyrrole nitrogens is 1. The summed E-state index contributed by atoms with van der Waals surface area (Å²) in [7, 11) is -3.42. The number of sulfone groups is 1. The molecule has 106 valence electrons. The summed E-state index contributed by atoms with van der Waals surface area (Å²) >= 11 is 5.97. The molecule has 1 aromatic carbocycles. The van der Waals surface area contributed by atoms with E-state index < -0.39 is 21.5 Å². The standard InChI is InChI=1S/C12H11ClN2O4S/c1-20(18,19)6-11(16)15-10-4-7-2-3-14-12(17)8(7)5-9(10)13/h2-5H,6H2,1H3,(H,14,17)(H,15,16). The minimum atomic E-state index is -3.42. The lowest BCUT2D eigenvalue weighted by Gasteiger charge is -2.08. The van der Waals surface area contributed by atoms with Crippen molar-refractivity contribution in [3.05, 3.63) is 39.8 Å². The predicted octanol–water partition coefficient (Wildman–Crippen LogP) is 1.16. The number of nitrogens with one attached hydrogen (secondary N) is 2. The molecular formula is C12H11ClN2O4S. The highest BCUT2D eigenvalue weighted by atomic mass is 35.5. The SMILES string of the molecule is CS(=O)(=O)CC(=O)Nc1cc2cc[nH]c(=O)c2cc1Cl. The first-order chi connectivity index (χ1) is 9.26. The van der Waals surface area contributed by atoms with Crippen LogP contribution in [0.1, 0.15) is 0 Å². The molecule has 2 rings (SSSR count). The summed E-state index contributed by atoms with van der Waals surface area (Å²) in [5.74, 6) is -1.31. The molecule has 1 aromatic heterocycles. The highest BCUT2D eigenvalue weighted by molar-refractivity contribution is 7.91. The molecule has 0 bridgehead atoms. The van der Waals surface area contributed by atoms with Crippen molar-refractivity contribution in [2.45, 2.75) is 0 Å². The lowest BCUT2D eigenvalue weighted by molar-refractivity contribution is -0.113. The molecule has 0 spiro atoms. The van der Waals surface area contributed by atoms with Gasteiger partial charge in [0, 0.05) is 17.8 Å². The average Bonchev–Trinajstić information content (AvgIpc) is 2.29. The highest BCUT2D eigenvalue weighted by Gasteiger charge is 2.13. The summed E-state index contributed by atoms with van der Waals surface area (Å²) in [6.07, 6.45) is 2.44. The maximum absolute atomic E-state index is 11.6. The summed E-state index contributed by atoms with van der Waals surface area (Å²) in [5.41, 5.74) is -0.0307. The Morgan fingerprint density at radius 3 is 2.75 bits per heavy atom. The van der Waals surface area contributed by atoms with Crippen molar-refractivity contribution in [1.82, 2.24) is 4.98 Å². The van der Waals surface area contributed by atoms with Crippen molar-refractivity contribution in [3.8, 4) is 0 Å². The summed E-state index contributed by atoms with van der Waals surface area (Å²) in [4.78, 5) is 25.6. The number of rotatable bonds is 3. The largest absolute Gasteiger partial charge is 0.329 e. The normalized spacial score (nSPS) is 11.5. The van der Waals surface area contributed by atoms with Gasteiger partial charge in [0.1, 0.15) is 5.75 Å². The minimum absolute atomic E-state index is 0.163. The van der Waals surface area contributed by atoms with Crippen LogP contribution in [0.5, 0.6) is 0 Å². The van der Waals surface area contributed by atoms with Crippen LogP contribution in [-0.4, -0.2) is 31.3 Å². The van der Waals surface area contributed by atoms with Gasteiger partial charge < -0.3 is 10.3 Å². The quantitative estimate of drug-likeness (QED) is 0.888. The second-order valence-corrected chi connectivity index (χ2v) is 6.89. The fraction of sp³-hybridized carbons (Fsp3) is 0.167. The van der Waals surface area contributed by atoms with Crippen LogP contribution in [-0.2, 0) is 14.6 Å². The minimum Gasteiger partial charge on any atom is -0.329 e. The van der Waals surface area contributed by atoms with E-state index in [1.54, 1.807) is 6.07 Å². The van der Waals surface area contributed by atoms with Gasteiger partial charge in [-0.1, -0.05) is 11.6 Å². The Balaban J connectivity index is 2.38. The first-order valence-corrected chi connectivity index (χ1v) is 7.98. The van der Waals surface area contributed by atoms with Crippen molar-refractivity contribution in [2.75, 3.05) is 17.3 Å².